The van der Waals surface area contributed by atoms with Crippen LogP contribution in [0, 0.1) is 20.8 Å². The van der Waals surface area contributed by atoms with Gasteiger partial charge in [0.1, 0.15) is 5.75 Å². The van der Waals surface area contributed by atoms with Gasteiger partial charge < -0.3 is 9.84 Å². The molecule has 0 saturated carbocycles. The first-order valence-electron chi connectivity index (χ1n) is 5.93. The van der Waals surface area contributed by atoms with E-state index in [2.05, 4.69) is 19.9 Å². The molecule has 0 aliphatic carbocycles. The predicted octanol–water partition coefficient (Wildman–Crippen LogP) is 3.25. The summed E-state index contributed by atoms with van der Waals surface area (Å²) in [6, 6.07) is 4.16. The van der Waals surface area contributed by atoms with Crippen molar-refractivity contribution in [1.29, 1.82) is 0 Å². The van der Waals surface area contributed by atoms with Crippen LogP contribution in [0.3, 0.4) is 0 Å². The van der Waals surface area contributed by atoms with Gasteiger partial charge in [-0.05, 0) is 56.4 Å². The molecule has 0 unspecified atom stereocenters. The molecule has 0 aliphatic rings. The third-order valence-corrected chi connectivity index (χ3v) is 2.83. The van der Waals surface area contributed by atoms with E-state index >= 15 is 0 Å². The number of hydrogen-bond acceptors (Lipinski definition) is 2. The van der Waals surface area contributed by atoms with E-state index in [9.17, 15) is 4.79 Å². The van der Waals surface area contributed by atoms with Crippen LogP contribution in [-0.2, 0) is 4.79 Å². The third-order valence-electron chi connectivity index (χ3n) is 2.83. The van der Waals surface area contributed by atoms with Gasteiger partial charge in [-0.15, -0.1) is 0 Å². The highest BCUT2D eigenvalue weighted by atomic mass is 16.5. The molecule has 0 spiro atoms. The van der Waals surface area contributed by atoms with Crippen molar-refractivity contribution in [3.8, 4) is 5.75 Å². The van der Waals surface area contributed by atoms with Gasteiger partial charge in [-0.25, -0.2) is 0 Å². The lowest BCUT2D eigenvalue weighted by Crippen LogP contribution is -2.02. The monoisotopic (exact) mass is 236 g/mol. The van der Waals surface area contributed by atoms with Gasteiger partial charge in [0.25, 0.3) is 0 Å². The molecule has 1 rings (SSSR count). The van der Waals surface area contributed by atoms with Gasteiger partial charge in [0.2, 0.25) is 0 Å². The van der Waals surface area contributed by atoms with Crippen LogP contribution >= 0.6 is 0 Å². The van der Waals surface area contributed by atoms with Crippen LogP contribution in [-0.4, -0.2) is 17.7 Å². The van der Waals surface area contributed by atoms with Gasteiger partial charge in [0, 0.05) is 6.42 Å². The second kappa shape index (κ2) is 6.28. The first kappa shape index (κ1) is 13.6. The Morgan fingerprint density at radius 3 is 2.41 bits per heavy atom. The maximum absolute atomic E-state index is 10.3. The molecular weight excluding hydrogens is 216 g/mol. The fourth-order valence-electron chi connectivity index (χ4n) is 1.65. The van der Waals surface area contributed by atoms with Crippen molar-refractivity contribution in [1.82, 2.24) is 0 Å². The van der Waals surface area contributed by atoms with Crippen LogP contribution < -0.4 is 4.74 Å². The van der Waals surface area contributed by atoms with Crippen molar-refractivity contribution in [2.75, 3.05) is 6.61 Å². The van der Waals surface area contributed by atoms with Crippen LogP contribution in [0.2, 0.25) is 0 Å². The Bertz CT molecular complexity index is 397. The van der Waals surface area contributed by atoms with Crippen molar-refractivity contribution < 1.29 is 14.6 Å². The smallest absolute Gasteiger partial charge is 0.303 e. The Morgan fingerprint density at radius 1 is 1.12 bits per heavy atom. The molecule has 1 aromatic carbocycles. The summed E-state index contributed by atoms with van der Waals surface area (Å²) >= 11 is 0. The van der Waals surface area contributed by atoms with Crippen LogP contribution in [0.5, 0.6) is 5.75 Å². The first-order chi connectivity index (χ1) is 8.00. The zero-order chi connectivity index (χ0) is 12.8. The molecule has 1 N–H and O–H groups in total. The van der Waals surface area contributed by atoms with Gasteiger partial charge >= 0.3 is 5.97 Å². The predicted molar refractivity (Wildman–Crippen MR) is 67.6 cm³/mol. The molecule has 3 heteroatoms. The first-order valence-corrected chi connectivity index (χ1v) is 5.93. The number of hydrogen-bond donors (Lipinski definition) is 1. The molecule has 0 aliphatic heterocycles. The molecule has 17 heavy (non-hydrogen) atoms. The van der Waals surface area contributed by atoms with Crippen LogP contribution in [0.15, 0.2) is 12.1 Å². The molecule has 0 fully saturated rings. The van der Waals surface area contributed by atoms with E-state index in [4.69, 9.17) is 9.84 Å². The van der Waals surface area contributed by atoms with E-state index in [1.54, 1.807) is 0 Å². The Morgan fingerprint density at radius 2 is 1.76 bits per heavy atom. The zero-order valence-corrected chi connectivity index (χ0v) is 10.7. The maximum Gasteiger partial charge on any atom is 0.303 e. The number of unbranched alkanes of at least 4 members (excludes halogenated alkanes) is 1. The van der Waals surface area contributed by atoms with Crippen molar-refractivity contribution in [3.05, 3.63) is 28.8 Å². The van der Waals surface area contributed by atoms with Crippen LogP contribution in [0.1, 0.15) is 36.0 Å². The van der Waals surface area contributed by atoms with Gasteiger partial charge in [-0.3, -0.25) is 4.79 Å². The molecule has 1 aromatic rings. The largest absolute Gasteiger partial charge is 0.493 e. The van der Waals surface area contributed by atoms with Crippen molar-refractivity contribution in [2.45, 2.75) is 40.0 Å². The normalized spacial score (nSPS) is 10.3. The van der Waals surface area contributed by atoms with E-state index in [1.807, 2.05) is 13.0 Å². The van der Waals surface area contributed by atoms with Crippen LogP contribution in [0.25, 0.3) is 0 Å². The SMILES string of the molecule is Cc1cc(C)c(OCCCCC(=O)O)cc1C. The van der Waals surface area contributed by atoms with Crippen molar-refractivity contribution in [2.24, 2.45) is 0 Å². The maximum atomic E-state index is 10.3. The van der Waals surface area contributed by atoms with Gasteiger partial charge in [0.05, 0.1) is 6.61 Å². The van der Waals surface area contributed by atoms with E-state index < -0.39 is 5.97 Å². The number of carbonyl (C=O) groups is 1. The molecule has 0 heterocycles. The number of rotatable bonds is 6. The minimum Gasteiger partial charge on any atom is -0.493 e. The molecule has 0 bridgehead atoms. The lowest BCUT2D eigenvalue weighted by Gasteiger charge is -2.11. The average molecular weight is 236 g/mol. The second-order valence-corrected chi connectivity index (χ2v) is 4.40. The van der Waals surface area contributed by atoms with Gasteiger partial charge in [0.15, 0.2) is 0 Å². The third kappa shape index (κ3) is 4.47. The number of ether oxygens (including phenoxy) is 1. The summed E-state index contributed by atoms with van der Waals surface area (Å²) in [7, 11) is 0. The highest BCUT2D eigenvalue weighted by Crippen LogP contribution is 2.22. The molecule has 0 aromatic heterocycles. The minimum absolute atomic E-state index is 0.218. The molecule has 3 nitrogen and oxygen atoms in total. The fourth-order valence-corrected chi connectivity index (χ4v) is 1.65. The van der Waals surface area contributed by atoms with Crippen LogP contribution in [0.4, 0.5) is 0 Å². The Balaban J connectivity index is 2.41. The highest BCUT2D eigenvalue weighted by Gasteiger charge is 2.03. The summed E-state index contributed by atoms with van der Waals surface area (Å²) in [5.74, 6) is 0.163. The number of aryl methyl sites for hydroxylation is 3. The fraction of sp³-hybridized carbons (Fsp3) is 0.500. The van der Waals surface area contributed by atoms with E-state index in [1.165, 1.54) is 11.1 Å². The summed E-state index contributed by atoms with van der Waals surface area (Å²) in [6.07, 6.45) is 1.66. The molecule has 0 atom stereocenters. The molecule has 0 saturated heterocycles. The van der Waals surface area contributed by atoms with Crippen molar-refractivity contribution in [3.63, 3.8) is 0 Å². The molecule has 94 valence electrons. The quantitative estimate of drug-likeness (QED) is 0.771. The summed E-state index contributed by atoms with van der Waals surface area (Å²) in [6.45, 7) is 6.75. The lowest BCUT2D eigenvalue weighted by molar-refractivity contribution is -0.137. The number of carboxylic acids is 1. The lowest BCUT2D eigenvalue weighted by atomic mass is 10.1. The number of carboxylic acid groups (broad SMARTS) is 1. The summed E-state index contributed by atoms with van der Waals surface area (Å²) < 4.78 is 5.66. The van der Waals surface area contributed by atoms with E-state index in [-0.39, 0.29) is 6.42 Å². The summed E-state index contributed by atoms with van der Waals surface area (Å²) in [4.78, 5) is 10.3. The van der Waals surface area contributed by atoms with Gasteiger partial charge in [-0.1, -0.05) is 6.07 Å². The second-order valence-electron chi connectivity index (χ2n) is 4.40. The molecular formula is C14H20O3. The molecule has 0 radical (unpaired) electrons. The summed E-state index contributed by atoms with van der Waals surface area (Å²) in [5.41, 5.74) is 3.61. The standard InChI is InChI=1S/C14H20O3/c1-10-8-12(3)13(9-11(10)2)17-7-5-4-6-14(15)16/h8-9H,4-7H2,1-3H3,(H,15,16). The van der Waals surface area contributed by atoms with E-state index in [0.29, 0.717) is 13.0 Å². The summed E-state index contributed by atoms with van der Waals surface area (Å²) in [5, 5.41) is 8.50. The average Bonchev–Trinajstić information content (AvgIpc) is 2.24. The van der Waals surface area contributed by atoms with Gasteiger partial charge in [-0.2, -0.15) is 0 Å². The Labute approximate surface area is 102 Å². The Kier molecular flexibility index (Phi) is 5.01. The zero-order valence-electron chi connectivity index (χ0n) is 10.7. The molecule has 0 amide bonds. The topological polar surface area (TPSA) is 46.5 Å². The van der Waals surface area contributed by atoms with E-state index in [0.717, 1.165) is 17.7 Å². The Hall–Kier alpha value is -1.51. The number of benzene rings is 1. The van der Waals surface area contributed by atoms with Crippen molar-refractivity contribution >= 4 is 5.97 Å². The minimum atomic E-state index is -0.743. The highest BCUT2D eigenvalue weighted by molar-refractivity contribution is 5.66. The number of aliphatic carboxylic acids is 1.